The molecule has 0 bridgehead atoms. The van der Waals surface area contributed by atoms with E-state index in [1.165, 1.54) is 6.92 Å². The molecule has 0 aliphatic heterocycles. The number of nitrogens with one attached hydrogen (secondary N) is 2. The van der Waals surface area contributed by atoms with Crippen LogP contribution in [-0.4, -0.2) is 46.2 Å². The van der Waals surface area contributed by atoms with Crippen molar-refractivity contribution in [3.05, 3.63) is 58.9 Å². The Morgan fingerprint density at radius 1 is 0.784 bits per heavy atom. The largest absolute Gasteiger partial charge is 0.508 e. The second-order valence-electron chi connectivity index (χ2n) is 8.55. The first kappa shape index (κ1) is 27.3. The number of carbonyl (C=O) groups is 3. The summed E-state index contributed by atoms with van der Waals surface area (Å²) in [6, 6.07) is 10.0. The van der Waals surface area contributed by atoms with Gasteiger partial charge < -0.3 is 29.3 Å². The summed E-state index contributed by atoms with van der Waals surface area (Å²) in [7, 11) is 0. The number of aromatic nitrogens is 2. The molecular weight excluding hydrogens is 476 g/mol. The summed E-state index contributed by atoms with van der Waals surface area (Å²) in [6.07, 6.45) is 1.56. The predicted octanol–water partition coefficient (Wildman–Crippen LogP) is 5.72. The molecule has 0 radical (unpaired) electrons. The van der Waals surface area contributed by atoms with Crippen LogP contribution in [0.5, 0.6) is 11.5 Å². The third kappa shape index (κ3) is 6.49. The maximum absolute atomic E-state index is 12.1. The standard InChI is InChI=1S/C15H17NO4.C13H15NO3/c1-4-7-19-15(18)14-9(2)16-13-6-5-11(8-12(13)14)20-10(3)17;1-3-6-17-13(16)12-8(2)14-11-5-4-9(15)7-10(11)12/h5-6,8,16H,4,7H2,1-3H3;4-5,7,14-15H,3,6H2,1-2H3. The number of benzene rings is 2. The second-order valence-corrected chi connectivity index (χ2v) is 8.55. The van der Waals surface area contributed by atoms with Crippen LogP contribution in [0, 0.1) is 13.8 Å². The number of aromatic amines is 2. The molecule has 9 heteroatoms. The molecule has 2 heterocycles. The normalized spacial score (nSPS) is 10.6. The number of rotatable bonds is 7. The van der Waals surface area contributed by atoms with Crippen molar-refractivity contribution in [2.45, 2.75) is 47.5 Å². The summed E-state index contributed by atoms with van der Waals surface area (Å²) in [4.78, 5) is 41.2. The summed E-state index contributed by atoms with van der Waals surface area (Å²) in [5.41, 5.74) is 4.12. The molecule has 0 atom stereocenters. The predicted molar refractivity (Wildman–Crippen MR) is 140 cm³/mol. The average Bonchev–Trinajstić information content (AvgIpc) is 3.35. The lowest BCUT2D eigenvalue weighted by molar-refractivity contribution is -0.131. The van der Waals surface area contributed by atoms with Gasteiger partial charge in [-0.25, -0.2) is 9.59 Å². The molecule has 0 aliphatic rings. The van der Waals surface area contributed by atoms with Gasteiger partial charge in [0.15, 0.2) is 0 Å². The number of fused-ring (bicyclic) bond motifs is 2. The van der Waals surface area contributed by atoms with Crippen molar-refractivity contribution < 1.29 is 33.7 Å². The summed E-state index contributed by atoms with van der Waals surface area (Å²) >= 11 is 0. The number of H-pyrrole nitrogens is 2. The van der Waals surface area contributed by atoms with E-state index >= 15 is 0 Å². The minimum Gasteiger partial charge on any atom is -0.508 e. The van der Waals surface area contributed by atoms with E-state index in [0.29, 0.717) is 40.9 Å². The lowest BCUT2D eigenvalue weighted by Crippen LogP contribution is -2.07. The fourth-order valence-electron chi connectivity index (χ4n) is 3.91. The molecule has 37 heavy (non-hydrogen) atoms. The first-order valence-corrected chi connectivity index (χ1v) is 12.1. The first-order chi connectivity index (χ1) is 17.7. The van der Waals surface area contributed by atoms with E-state index in [9.17, 15) is 19.5 Å². The number of ether oxygens (including phenoxy) is 3. The number of hydrogen-bond acceptors (Lipinski definition) is 7. The quantitative estimate of drug-likeness (QED) is 0.215. The lowest BCUT2D eigenvalue weighted by Gasteiger charge is -2.04. The third-order valence-corrected chi connectivity index (χ3v) is 5.47. The number of phenolic OH excluding ortho intramolecular Hbond substituents is 1. The minimum absolute atomic E-state index is 0.140. The molecule has 196 valence electrons. The van der Waals surface area contributed by atoms with Crippen LogP contribution in [0.3, 0.4) is 0 Å². The topological polar surface area (TPSA) is 131 Å². The van der Waals surface area contributed by atoms with Crippen molar-refractivity contribution in [2.75, 3.05) is 13.2 Å². The molecule has 0 amide bonds. The van der Waals surface area contributed by atoms with Gasteiger partial charge in [0.1, 0.15) is 11.5 Å². The Morgan fingerprint density at radius 3 is 1.76 bits per heavy atom. The van der Waals surface area contributed by atoms with Crippen LogP contribution in [0.25, 0.3) is 21.8 Å². The number of esters is 3. The van der Waals surface area contributed by atoms with Gasteiger partial charge in [-0.05, 0) is 63.1 Å². The van der Waals surface area contributed by atoms with Crippen molar-refractivity contribution in [3.63, 3.8) is 0 Å². The van der Waals surface area contributed by atoms with Crippen LogP contribution < -0.4 is 4.74 Å². The Morgan fingerprint density at radius 2 is 1.27 bits per heavy atom. The molecule has 0 saturated carbocycles. The Labute approximate surface area is 214 Å². The van der Waals surface area contributed by atoms with Gasteiger partial charge >= 0.3 is 17.9 Å². The van der Waals surface area contributed by atoms with Crippen molar-refractivity contribution in [1.82, 2.24) is 9.97 Å². The second kappa shape index (κ2) is 12.1. The molecule has 2 aromatic carbocycles. The number of phenols is 1. The zero-order chi connectivity index (χ0) is 27.1. The van der Waals surface area contributed by atoms with Crippen LogP contribution in [0.1, 0.15) is 65.7 Å². The van der Waals surface area contributed by atoms with Gasteiger partial charge in [0.25, 0.3) is 0 Å². The molecular formula is C28H32N2O7. The summed E-state index contributed by atoms with van der Waals surface area (Å²) < 4.78 is 15.3. The number of aromatic hydroxyl groups is 1. The summed E-state index contributed by atoms with van der Waals surface area (Å²) in [5.74, 6) is -0.557. The highest BCUT2D eigenvalue weighted by Gasteiger charge is 2.19. The van der Waals surface area contributed by atoms with Gasteiger partial charge in [-0.3, -0.25) is 4.79 Å². The van der Waals surface area contributed by atoms with Crippen LogP contribution >= 0.6 is 0 Å². The highest BCUT2D eigenvalue weighted by atomic mass is 16.5. The molecule has 0 unspecified atom stereocenters. The van der Waals surface area contributed by atoms with E-state index < -0.39 is 5.97 Å². The molecule has 2 aromatic heterocycles. The number of hydrogen-bond donors (Lipinski definition) is 3. The van der Waals surface area contributed by atoms with Gasteiger partial charge in [-0.1, -0.05) is 13.8 Å². The van der Waals surface area contributed by atoms with E-state index in [2.05, 4.69) is 9.97 Å². The zero-order valence-electron chi connectivity index (χ0n) is 21.7. The summed E-state index contributed by atoms with van der Waals surface area (Å²) in [5, 5.41) is 10.9. The minimum atomic E-state index is -0.397. The van der Waals surface area contributed by atoms with Crippen LogP contribution in [0.4, 0.5) is 0 Å². The molecule has 0 fully saturated rings. The van der Waals surface area contributed by atoms with Gasteiger partial charge in [0.05, 0.1) is 24.3 Å². The van der Waals surface area contributed by atoms with E-state index in [0.717, 1.165) is 35.3 Å². The van der Waals surface area contributed by atoms with E-state index in [-0.39, 0.29) is 17.7 Å². The van der Waals surface area contributed by atoms with Gasteiger partial charge in [-0.15, -0.1) is 0 Å². The summed E-state index contributed by atoms with van der Waals surface area (Å²) in [6.45, 7) is 9.64. The Hall–Kier alpha value is -4.27. The Balaban J connectivity index is 0.000000208. The van der Waals surface area contributed by atoms with Crippen LogP contribution in [0.2, 0.25) is 0 Å². The third-order valence-electron chi connectivity index (χ3n) is 5.47. The fraction of sp³-hybridized carbons (Fsp3) is 0.321. The molecule has 3 N–H and O–H groups in total. The molecule has 4 aromatic rings. The molecule has 9 nitrogen and oxygen atoms in total. The van der Waals surface area contributed by atoms with Crippen molar-refractivity contribution in [1.29, 1.82) is 0 Å². The van der Waals surface area contributed by atoms with Crippen molar-refractivity contribution in [3.8, 4) is 11.5 Å². The Bertz CT molecular complexity index is 1430. The lowest BCUT2D eigenvalue weighted by atomic mass is 10.1. The zero-order valence-corrected chi connectivity index (χ0v) is 21.7. The fourth-order valence-corrected chi connectivity index (χ4v) is 3.91. The smallest absolute Gasteiger partial charge is 0.340 e. The van der Waals surface area contributed by atoms with Crippen LogP contribution in [-0.2, 0) is 14.3 Å². The molecule has 4 rings (SSSR count). The van der Waals surface area contributed by atoms with Gasteiger partial charge in [-0.2, -0.15) is 0 Å². The van der Waals surface area contributed by atoms with Crippen molar-refractivity contribution in [2.24, 2.45) is 0 Å². The van der Waals surface area contributed by atoms with E-state index in [1.54, 1.807) is 36.4 Å². The molecule has 0 spiro atoms. The van der Waals surface area contributed by atoms with Gasteiger partial charge in [0.2, 0.25) is 0 Å². The van der Waals surface area contributed by atoms with E-state index in [4.69, 9.17) is 14.2 Å². The molecule has 0 saturated heterocycles. The average molecular weight is 509 g/mol. The highest BCUT2D eigenvalue weighted by molar-refractivity contribution is 6.06. The number of aryl methyl sites for hydroxylation is 2. The monoisotopic (exact) mass is 508 g/mol. The first-order valence-electron chi connectivity index (χ1n) is 12.1. The highest BCUT2D eigenvalue weighted by Crippen LogP contribution is 2.28. The van der Waals surface area contributed by atoms with Crippen molar-refractivity contribution >= 4 is 39.7 Å². The Kier molecular flexibility index (Phi) is 8.95. The number of carbonyl (C=O) groups excluding carboxylic acids is 3. The SMILES string of the molecule is CCCOC(=O)c1c(C)[nH]c2ccc(O)cc12.CCCOC(=O)c1c(C)[nH]c2ccc(OC(C)=O)cc12. The maximum Gasteiger partial charge on any atom is 0.340 e. The van der Waals surface area contributed by atoms with E-state index in [1.807, 2.05) is 27.7 Å². The van der Waals surface area contributed by atoms with Crippen LogP contribution in [0.15, 0.2) is 36.4 Å². The maximum atomic E-state index is 12.1. The molecule has 0 aliphatic carbocycles. The van der Waals surface area contributed by atoms with Gasteiger partial charge in [0, 0.05) is 40.1 Å².